The quantitative estimate of drug-likeness (QED) is 0.569. The molecule has 168 valence electrons. The molecule has 2 aliphatic heterocycles. The SMILES string of the molecule is O=C(NCCCN1CCCCC1)C1CCCN(Cc2nc(-c3ccc(Br)cc3)no2)C1. The molecule has 2 aliphatic rings. The zero-order chi connectivity index (χ0) is 21.5. The summed E-state index contributed by atoms with van der Waals surface area (Å²) >= 11 is 3.44. The molecule has 7 nitrogen and oxygen atoms in total. The maximum Gasteiger partial charge on any atom is 0.241 e. The molecule has 1 aromatic heterocycles. The first-order chi connectivity index (χ1) is 15.2. The number of nitrogens with zero attached hydrogens (tertiary/aromatic N) is 4. The van der Waals surface area contributed by atoms with Crippen molar-refractivity contribution in [1.29, 1.82) is 0 Å². The highest BCUT2D eigenvalue weighted by Crippen LogP contribution is 2.21. The van der Waals surface area contributed by atoms with Crippen LogP contribution in [0.15, 0.2) is 33.3 Å². The van der Waals surface area contributed by atoms with Crippen LogP contribution < -0.4 is 5.32 Å². The zero-order valence-corrected chi connectivity index (χ0v) is 19.6. The molecular formula is C23H32BrN5O2. The summed E-state index contributed by atoms with van der Waals surface area (Å²) in [7, 11) is 0. The van der Waals surface area contributed by atoms with Crippen LogP contribution in [0.1, 0.15) is 44.4 Å². The number of likely N-dealkylation sites (tertiary alicyclic amines) is 2. The van der Waals surface area contributed by atoms with Gasteiger partial charge in [-0.15, -0.1) is 0 Å². The Balaban J connectivity index is 1.21. The number of nitrogens with one attached hydrogen (secondary N) is 1. The molecule has 1 aromatic carbocycles. The lowest BCUT2D eigenvalue weighted by molar-refractivity contribution is -0.126. The van der Waals surface area contributed by atoms with Crippen LogP contribution in [0.25, 0.3) is 11.4 Å². The van der Waals surface area contributed by atoms with Crippen LogP contribution in [0.5, 0.6) is 0 Å². The molecule has 0 saturated carbocycles. The molecule has 0 spiro atoms. The van der Waals surface area contributed by atoms with Gasteiger partial charge in [0.25, 0.3) is 0 Å². The Morgan fingerprint density at radius 2 is 1.87 bits per heavy atom. The molecule has 1 N–H and O–H groups in total. The van der Waals surface area contributed by atoms with E-state index in [4.69, 9.17) is 4.52 Å². The maximum atomic E-state index is 12.7. The Morgan fingerprint density at radius 3 is 2.68 bits per heavy atom. The molecule has 2 saturated heterocycles. The summed E-state index contributed by atoms with van der Waals surface area (Å²) in [5.74, 6) is 1.42. The third-order valence-corrected chi connectivity index (χ3v) is 6.73. The molecule has 2 fully saturated rings. The Morgan fingerprint density at radius 1 is 1.10 bits per heavy atom. The van der Waals surface area contributed by atoms with Crippen molar-refractivity contribution in [3.8, 4) is 11.4 Å². The van der Waals surface area contributed by atoms with Gasteiger partial charge in [0.05, 0.1) is 12.5 Å². The van der Waals surface area contributed by atoms with Gasteiger partial charge in [0.15, 0.2) is 0 Å². The second-order valence-corrected chi connectivity index (χ2v) is 9.56. The number of piperidine rings is 2. The van der Waals surface area contributed by atoms with Crippen LogP contribution in [-0.4, -0.2) is 65.1 Å². The summed E-state index contributed by atoms with van der Waals surface area (Å²) in [5, 5.41) is 7.27. The summed E-state index contributed by atoms with van der Waals surface area (Å²) in [4.78, 5) is 22.0. The van der Waals surface area contributed by atoms with Gasteiger partial charge >= 0.3 is 0 Å². The van der Waals surface area contributed by atoms with Gasteiger partial charge < -0.3 is 14.7 Å². The van der Waals surface area contributed by atoms with E-state index >= 15 is 0 Å². The Labute approximate surface area is 192 Å². The van der Waals surface area contributed by atoms with Gasteiger partial charge in [0.2, 0.25) is 17.6 Å². The highest BCUT2D eigenvalue weighted by Gasteiger charge is 2.26. The number of hydrogen-bond acceptors (Lipinski definition) is 6. The van der Waals surface area contributed by atoms with Crippen molar-refractivity contribution in [3.63, 3.8) is 0 Å². The first-order valence-electron chi connectivity index (χ1n) is 11.5. The van der Waals surface area contributed by atoms with Gasteiger partial charge in [-0.05, 0) is 82.5 Å². The average molecular weight is 490 g/mol. The number of rotatable bonds is 8. The van der Waals surface area contributed by atoms with E-state index in [2.05, 4.69) is 41.2 Å². The number of carbonyl (C=O) groups excluding carboxylic acids is 1. The number of carbonyl (C=O) groups is 1. The van der Waals surface area contributed by atoms with E-state index in [1.165, 1.54) is 32.4 Å². The Kier molecular flexibility index (Phi) is 8.10. The molecule has 0 radical (unpaired) electrons. The molecule has 4 rings (SSSR count). The topological polar surface area (TPSA) is 74.5 Å². The first kappa shape index (κ1) is 22.4. The van der Waals surface area contributed by atoms with Crippen molar-refractivity contribution in [2.75, 3.05) is 39.3 Å². The lowest BCUT2D eigenvalue weighted by Crippen LogP contribution is -2.43. The molecule has 2 aromatic rings. The van der Waals surface area contributed by atoms with Crippen molar-refractivity contribution in [3.05, 3.63) is 34.6 Å². The molecule has 1 amide bonds. The molecule has 31 heavy (non-hydrogen) atoms. The lowest BCUT2D eigenvalue weighted by Gasteiger charge is -2.31. The first-order valence-corrected chi connectivity index (χ1v) is 12.3. The molecule has 3 heterocycles. The summed E-state index contributed by atoms with van der Waals surface area (Å²) in [6.45, 7) is 6.57. The monoisotopic (exact) mass is 489 g/mol. The van der Waals surface area contributed by atoms with E-state index < -0.39 is 0 Å². The second kappa shape index (κ2) is 11.2. The average Bonchev–Trinajstić information content (AvgIpc) is 3.26. The van der Waals surface area contributed by atoms with Gasteiger partial charge in [0, 0.05) is 23.1 Å². The minimum absolute atomic E-state index is 0.0394. The van der Waals surface area contributed by atoms with Gasteiger partial charge in [-0.25, -0.2) is 0 Å². The minimum Gasteiger partial charge on any atom is -0.356 e. The summed E-state index contributed by atoms with van der Waals surface area (Å²) in [6.07, 6.45) is 6.98. The normalized spacial score (nSPS) is 20.6. The van der Waals surface area contributed by atoms with E-state index in [0.29, 0.717) is 18.3 Å². The third-order valence-electron chi connectivity index (χ3n) is 6.20. The second-order valence-electron chi connectivity index (χ2n) is 8.64. The number of benzene rings is 1. The minimum atomic E-state index is 0.0394. The third kappa shape index (κ3) is 6.60. The fourth-order valence-electron chi connectivity index (χ4n) is 4.48. The van der Waals surface area contributed by atoms with E-state index in [1.807, 2.05) is 24.3 Å². The van der Waals surface area contributed by atoms with Crippen molar-refractivity contribution in [1.82, 2.24) is 25.3 Å². The van der Waals surface area contributed by atoms with Crippen LogP contribution in [0.4, 0.5) is 0 Å². The predicted molar refractivity (Wildman–Crippen MR) is 123 cm³/mol. The summed E-state index contributed by atoms with van der Waals surface area (Å²) in [6, 6.07) is 7.86. The van der Waals surface area contributed by atoms with Crippen LogP contribution in [0.2, 0.25) is 0 Å². The van der Waals surface area contributed by atoms with Crippen LogP contribution in [-0.2, 0) is 11.3 Å². The number of halogens is 1. The smallest absolute Gasteiger partial charge is 0.241 e. The van der Waals surface area contributed by atoms with Gasteiger partial charge in [0.1, 0.15) is 0 Å². The van der Waals surface area contributed by atoms with E-state index in [1.54, 1.807) is 0 Å². The maximum absolute atomic E-state index is 12.7. The summed E-state index contributed by atoms with van der Waals surface area (Å²) in [5.41, 5.74) is 0.929. The van der Waals surface area contributed by atoms with Crippen LogP contribution in [0.3, 0.4) is 0 Å². The summed E-state index contributed by atoms with van der Waals surface area (Å²) < 4.78 is 6.48. The molecule has 0 aliphatic carbocycles. The molecule has 1 atom stereocenters. The Bertz CT molecular complexity index is 835. The van der Waals surface area contributed by atoms with Crippen molar-refractivity contribution in [2.24, 2.45) is 5.92 Å². The number of amides is 1. The van der Waals surface area contributed by atoms with Crippen molar-refractivity contribution >= 4 is 21.8 Å². The lowest BCUT2D eigenvalue weighted by atomic mass is 9.97. The number of hydrogen-bond donors (Lipinski definition) is 1. The van der Waals surface area contributed by atoms with E-state index in [-0.39, 0.29) is 11.8 Å². The van der Waals surface area contributed by atoms with E-state index in [9.17, 15) is 4.79 Å². The fourth-order valence-corrected chi connectivity index (χ4v) is 4.75. The van der Waals surface area contributed by atoms with Gasteiger partial charge in [-0.3, -0.25) is 9.69 Å². The molecule has 8 heteroatoms. The predicted octanol–water partition coefficient (Wildman–Crippen LogP) is 3.70. The molecular weight excluding hydrogens is 458 g/mol. The fraction of sp³-hybridized carbons (Fsp3) is 0.609. The standard InChI is InChI=1S/C23H32BrN5O2/c24-20-9-7-18(8-10-20)22-26-21(31-27-22)17-29-14-4-6-19(16-29)23(30)25-11-5-15-28-12-2-1-3-13-28/h7-10,19H,1-6,11-17H2,(H,25,30). The highest BCUT2D eigenvalue weighted by atomic mass is 79.9. The molecule has 1 unspecified atom stereocenters. The van der Waals surface area contributed by atoms with Crippen LogP contribution in [0, 0.1) is 5.92 Å². The van der Waals surface area contributed by atoms with Crippen molar-refractivity contribution < 1.29 is 9.32 Å². The number of aromatic nitrogens is 2. The van der Waals surface area contributed by atoms with Crippen molar-refractivity contribution in [2.45, 2.75) is 45.1 Å². The zero-order valence-electron chi connectivity index (χ0n) is 18.1. The largest absolute Gasteiger partial charge is 0.356 e. The van der Waals surface area contributed by atoms with Gasteiger partial charge in [-0.2, -0.15) is 4.98 Å². The van der Waals surface area contributed by atoms with Crippen LogP contribution >= 0.6 is 15.9 Å². The Hall–Kier alpha value is -1.77. The highest BCUT2D eigenvalue weighted by molar-refractivity contribution is 9.10. The molecule has 0 bridgehead atoms. The van der Waals surface area contributed by atoms with E-state index in [0.717, 1.165) is 55.5 Å². The van der Waals surface area contributed by atoms with Gasteiger partial charge in [-0.1, -0.05) is 27.5 Å².